The highest BCUT2D eigenvalue weighted by Gasteiger charge is 2.26. The van der Waals surface area contributed by atoms with Crippen LogP contribution in [-0.2, 0) is 9.53 Å². The second-order valence-electron chi connectivity index (χ2n) is 7.21. The lowest BCUT2D eigenvalue weighted by Crippen LogP contribution is -2.43. The van der Waals surface area contributed by atoms with E-state index >= 15 is 0 Å². The Kier molecular flexibility index (Phi) is 6.92. The summed E-state index contributed by atoms with van der Waals surface area (Å²) in [5.41, 5.74) is 0.227. The van der Waals surface area contributed by atoms with Crippen LogP contribution >= 0.6 is 0 Å². The van der Waals surface area contributed by atoms with Gasteiger partial charge in [0.25, 0.3) is 5.91 Å². The molecule has 8 heteroatoms. The van der Waals surface area contributed by atoms with Gasteiger partial charge in [-0.1, -0.05) is 19.1 Å². The Bertz CT molecular complexity index is 579. The summed E-state index contributed by atoms with van der Waals surface area (Å²) in [7, 11) is 0. The average Bonchev–Trinajstić information content (AvgIpc) is 3.04. The fraction of sp³-hybridized carbons (Fsp3) is 0.765. The van der Waals surface area contributed by atoms with E-state index in [0.29, 0.717) is 6.42 Å². The molecule has 8 nitrogen and oxygen atoms in total. The molecule has 1 aliphatic heterocycles. The first-order chi connectivity index (χ1) is 11.9. The number of carbonyl (C=O) groups excluding carboxylic acids is 2. The van der Waals surface area contributed by atoms with Crippen LogP contribution in [0.2, 0.25) is 0 Å². The molecule has 0 radical (unpaired) electrons. The van der Waals surface area contributed by atoms with Crippen molar-refractivity contribution in [2.24, 2.45) is 5.92 Å². The summed E-state index contributed by atoms with van der Waals surface area (Å²) in [5.74, 6) is -0.565. The van der Waals surface area contributed by atoms with E-state index in [4.69, 9.17) is 4.74 Å². The first-order valence-corrected chi connectivity index (χ1v) is 9.00. The molecular formula is C17H29N5O3. The van der Waals surface area contributed by atoms with Crippen LogP contribution in [0.4, 0.5) is 0 Å². The number of aromatic nitrogens is 3. The third kappa shape index (κ3) is 5.81. The number of hydrogen-bond donors (Lipinski definition) is 2. The Morgan fingerprint density at radius 2 is 2.00 bits per heavy atom. The summed E-state index contributed by atoms with van der Waals surface area (Å²) in [6, 6.07) is -0.424. The number of esters is 1. The molecule has 2 N–H and O–H groups in total. The van der Waals surface area contributed by atoms with Crippen molar-refractivity contribution >= 4 is 11.9 Å². The van der Waals surface area contributed by atoms with E-state index in [1.807, 2.05) is 13.8 Å². The lowest BCUT2D eigenvalue weighted by molar-refractivity contribution is -0.150. The van der Waals surface area contributed by atoms with Gasteiger partial charge in [-0.25, -0.2) is 9.48 Å². The molecule has 1 amide bonds. The first-order valence-electron chi connectivity index (χ1n) is 9.00. The van der Waals surface area contributed by atoms with Gasteiger partial charge in [-0.2, -0.15) is 0 Å². The molecule has 0 bridgehead atoms. The van der Waals surface area contributed by atoms with Crippen LogP contribution in [0.5, 0.6) is 0 Å². The molecule has 2 heterocycles. The van der Waals surface area contributed by atoms with Crippen molar-refractivity contribution in [3.63, 3.8) is 0 Å². The van der Waals surface area contributed by atoms with Gasteiger partial charge in [-0.05, 0) is 52.1 Å². The van der Waals surface area contributed by atoms with Crippen molar-refractivity contribution < 1.29 is 14.3 Å². The fourth-order valence-corrected chi connectivity index (χ4v) is 2.86. The number of ether oxygens (including phenoxy) is 1. The van der Waals surface area contributed by atoms with Crippen LogP contribution in [0, 0.1) is 5.92 Å². The summed E-state index contributed by atoms with van der Waals surface area (Å²) in [6.07, 6.45) is 3.87. The van der Waals surface area contributed by atoms with Crippen molar-refractivity contribution in [3.05, 3.63) is 11.9 Å². The second-order valence-corrected chi connectivity index (χ2v) is 7.21. The molecule has 1 aliphatic rings. The number of carbonyl (C=O) groups is 2. The zero-order valence-corrected chi connectivity index (χ0v) is 15.5. The van der Waals surface area contributed by atoms with Crippen molar-refractivity contribution in [3.8, 4) is 0 Å². The first kappa shape index (κ1) is 19.4. The van der Waals surface area contributed by atoms with E-state index in [2.05, 4.69) is 20.9 Å². The predicted molar refractivity (Wildman–Crippen MR) is 93.1 cm³/mol. The van der Waals surface area contributed by atoms with Crippen LogP contribution in [0.1, 0.15) is 63.5 Å². The highest BCUT2D eigenvalue weighted by Crippen LogP contribution is 2.17. The maximum absolute atomic E-state index is 12.5. The van der Waals surface area contributed by atoms with Crippen LogP contribution in [0.15, 0.2) is 6.20 Å². The Morgan fingerprint density at radius 1 is 1.32 bits per heavy atom. The van der Waals surface area contributed by atoms with Gasteiger partial charge in [-0.15, -0.1) is 5.10 Å². The standard InChI is InChI=1S/C17H29N5O3/c1-11(2)9-14(17(24)25-12(3)4)19-16(23)15-10-22(21-20-15)13-5-7-18-8-6-13/h10-14,18H,5-9H2,1-4H3,(H,19,23)/t14-/m0/s1. The van der Waals surface area contributed by atoms with Gasteiger partial charge in [0, 0.05) is 0 Å². The predicted octanol–water partition coefficient (Wildman–Crippen LogP) is 1.30. The number of nitrogens with zero attached hydrogens (tertiary/aromatic N) is 3. The number of amides is 1. The SMILES string of the molecule is CC(C)C[C@H](NC(=O)c1cn(C2CCNCC2)nn1)C(=O)OC(C)C. The highest BCUT2D eigenvalue weighted by atomic mass is 16.5. The van der Waals surface area contributed by atoms with E-state index in [-0.39, 0.29) is 23.8 Å². The molecule has 1 fully saturated rings. The maximum Gasteiger partial charge on any atom is 0.328 e. The molecule has 1 saturated heterocycles. The molecule has 2 rings (SSSR count). The molecular weight excluding hydrogens is 322 g/mol. The highest BCUT2D eigenvalue weighted by molar-refractivity contribution is 5.94. The monoisotopic (exact) mass is 351 g/mol. The number of nitrogens with one attached hydrogen (secondary N) is 2. The second kappa shape index (κ2) is 8.94. The minimum Gasteiger partial charge on any atom is -0.461 e. The van der Waals surface area contributed by atoms with Gasteiger partial charge in [0.2, 0.25) is 0 Å². The molecule has 1 aromatic rings. The Hall–Kier alpha value is -1.96. The normalized spacial score (nSPS) is 16.9. The summed E-state index contributed by atoms with van der Waals surface area (Å²) in [4.78, 5) is 24.7. The Morgan fingerprint density at radius 3 is 2.60 bits per heavy atom. The summed E-state index contributed by atoms with van der Waals surface area (Å²) in [6.45, 7) is 9.44. The van der Waals surface area contributed by atoms with Crippen molar-refractivity contribution in [2.45, 2.75) is 65.1 Å². The van der Waals surface area contributed by atoms with Crippen molar-refractivity contribution in [1.82, 2.24) is 25.6 Å². The minimum absolute atomic E-state index is 0.222. The van der Waals surface area contributed by atoms with Gasteiger partial charge in [0.1, 0.15) is 6.04 Å². The summed E-state index contributed by atoms with van der Waals surface area (Å²) >= 11 is 0. The van der Waals surface area contributed by atoms with E-state index < -0.39 is 17.9 Å². The summed E-state index contributed by atoms with van der Waals surface area (Å²) in [5, 5.41) is 14.1. The molecule has 140 valence electrons. The van der Waals surface area contributed by atoms with E-state index in [0.717, 1.165) is 25.9 Å². The average molecular weight is 351 g/mol. The zero-order chi connectivity index (χ0) is 18.4. The van der Waals surface area contributed by atoms with Gasteiger partial charge in [0.15, 0.2) is 5.69 Å². The quantitative estimate of drug-likeness (QED) is 0.719. The smallest absolute Gasteiger partial charge is 0.328 e. The molecule has 0 unspecified atom stereocenters. The van der Waals surface area contributed by atoms with Crippen molar-refractivity contribution in [1.29, 1.82) is 0 Å². The topological polar surface area (TPSA) is 98.1 Å². The molecule has 1 atom stereocenters. The van der Waals surface area contributed by atoms with Crippen molar-refractivity contribution in [2.75, 3.05) is 13.1 Å². The van der Waals surface area contributed by atoms with Gasteiger partial charge < -0.3 is 15.4 Å². The minimum atomic E-state index is -0.682. The molecule has 0 spiro atoms. The van der Waals surface area contributed by atoms with Gasteiger partial charge >= 0.3 is 5.97 Å². The third-order valence-corrected chi connectivity index (χ3v) is 4.07. The zero-order valence-electron chi connectivity index (χ0n) is 15.5. The number of rotatable bonds is 7. The number of hydrogen-bond acceptors (Lipinski definition) is 6. The molecule has 0 saturated carbocycles. The van der Waals surface area contributed by atoms with Crippen LogP contribution in [-0.4, -0.2) is 52.1 Å². The molecule has 0 aromatic carbocycles. The van der Waals surface area contributed by atoms with Gasteiger partial charge in [-0.3, -0.25) is 4.79 Å². The fourth-order valence-electron chi connectivity index (χ4n) is 2.86. The third-order valence-electron chi connectivity index (χ3n) is 4.07. The van der Waals surface area contributed by atoms with Crippen LogP contribution < -0.4 is 10.6 Å². The van der Waals surface area contributed by atoms with E-state index in [1.165, 1.54) is 0 Å². The van der Waals surface area contributed by atoms with Gasteiger partial charge in [0.05, 0.1) is 18.3 Å². The van der Waals surface area contributed by atoms with Crippen LogP contribution in [0.25, 0.3) is 0 Å². The molecule has 0 aliphatic carbocycles. The Labute approximate surface area is 148 Å². The lowest BCUT2D eigenvalue weighted by atomic mass is 10.0. The van der Waals surface area contributed by atoms with Crippen LogP contribution in [0.3, 0.4) is 0 Å². The lowest BCUT2D eigenvalue weighted by Gasteiger charge is -2.22. The molecule has 25 heavy (non-hydrogen) atoms. The summed E-state index contributed by atoms with van der Waals surface area (Å²) < 4.78 is 7.00. The van der Waals surface area contributed by atoms with E-state index in [1.54, 1.807) is 24.7 Å². The van der Waals surface area contributed by atoms with E-state index in [9.17, 15) is 9.59 Å². The Balaban J connectivity index is 2.01. The largest absolute Gasteiger partial charge is 0.461 e. The maximum atomic E-state index is 12.5. The number of piperidine rings is 1. The molecule has 1 aromatic heterocycles.